The van der Waals surface area contributed by atoms with E-state index in [-0.39, 0.29) is 11.7 Å². The van der Waals surface area contributed by atoms with Crippen LogP contribution in [0.4, 0.5) is 17.1 Å². The second kappa shape index (κ2) is 4.83. The van der Waals surface area contributed by atoms with Gasteiger partial charge < -0.3 is 11.1 Å². The maximum atomic E-state index is 10.5. The van der Waals surface area contributed by atoms with E-state index in [1.165, 1.54) is 12.1 Å². The van der Waals surface area contributed by atoms with E-state index in [4.69, 9.17) is 5.73 Å². The minimum atomic E-state index is -0.452. The second-order valence-electron chi connectivity index (χ2n) is 4.21. The molecule has 16 heavy (non-hydrogen) atoms. The Morgan fingerprint density at radius 2 is 2.00 bits per heavy atom. The molecule has 5 heteroatoms. The third kappa shape index (κ3) is 2.85. The first-order chi connectivity index (χ1) is 7.41. The molecule has 3 N–H and O–H groups in total. The summed E-state index contributed by atoms with van der Waals surface area (Å²) in [6.07, 6.45) is 0. The van der Waals surface area contributed by atoms with Crippen LogP contribution < -0.4 is 11.1 Å². The molecular weight excluding hydrogens is 206 g/mol. The second-order valence-corrected chi connectivity index (χ2v) is 4.21. The first kappa shape index (κ1) is 12.3. The number of nitrogen functional groups attached to an aromatic ring is 1. The van der Waals surface area contributed by atoms with Crippen LogP contribution in [-0.4, -0.2) is 11.0 Å². The van der Waals surface area contributed by atoms with Gasteiger partial charge in [-0.3, -0.25) is 10.1 Å². The summed E-state index contributed by atoms with van der Waals surface area (Å²) < 4.78 is 0. The predicted molar refractivity (Wildman–Crippen MR) is 65.4 cm³/mol. The lowest BCUT2D eigenvalue weighted by molar-refractivity contribution is -0.384. The van der Waals surface area contributed by atoms with E-state index < -0.39 is 4.92 Å². The lowest BCUT2D eigenvalue weighted by Crippen LogP contribution is -2.22. The van der Waals surface area contributed by atoms with Crippen molar-refractivity contribution in [2.45, 2.75) is 26.8 Å². The summed E-state index contributed by atoms with van der Waals surface area (Å²) in [5, 5.41) is 13.8. The number of anilines is 2. The number of hydrogen-bond acceptors (Lipinski definition) is 4. The monoisotopic (exact) mass is 223 g/mol. The van der Waals surface area contributed by atoms with E-state index in [0.717, 1.165) is 5.69 Å². The molecule has 0 aliphatic heterocycles. The van der Waals surface area contributed by atoms with Crippen LogP contribution >= 0.6 is 0 Å². The van der Waals surface area contributed by atoms with Gasteiger partial charge in [-0.25, -0.2) is 0 Å². The SMILES string of the molecule is CC(C)C(C)Nc1ccc([N+](=O)[O-])cc1N. The highest BCUT2D eigenvalue weighted by Gasteiger charge is 2.11. The zero-order chi connectivity index (χ0) is 12.3. The number of hydrogen-bond donors (Lipinski definition) is 2. The fraction of sp³-hybridized carbons (Fsp3) is 0.455. The summed E-state index contributed by atoms with van der Waals surface area (Å²) in [4.78, 5) is 10.1. The first-order valence-electron chi connectivity index (χ1n) is 5.22. The molecule has 0 amide bonds. The molecule has 1 unspecified atom stereocenters. The largest absolute Gasteiger partial charge is 0.397 e. The fourth-order valence-corrected chi connectivity index (χ4v) is 1.21. The molecule has 0 heterocycles. The summed E-state index contributed by atoms with van der Waals surface area (Å²) in [6.45, 7) is 6.24. The maximum absolute atomic E-state index is 10.5. The van der Waals surface area contributed by atoms with Gasteiger partial charge in [-0.15, -0.1) is 0 Å². The topological polar surface area (TPSA) is 81.2 Å². The average Bonchev–Trinajstić information content (AvgIpc) is 2.20. The molecule has 0 aliphatic carbocycles. The number of nitrogens with two attached hydrogens (primary N) is 1. The van der Waals surface area contributed by atoms with E-state index in [1.54, 1.807) is 6.07 Å². The molecule has 1 aromatic rings. The minimum Gasteiger partial charge on any atom is -0.397 e. The molecule has 88 valence electrons. The summed E-state index contributed by atoms with van der Waals surface area (Å²) >= 11 is 0. The molecule has 0 spiro atoms. The number of rotatable bonds is 4. The van der Waals surface area contributed by atoms with Gasteiger partial charge >= 0.3 is 0 Å². The van der Waals surface area contributed by atoms with Crippen molar-refractivity contribution in [3.63, 3.8) is 0 Å². The Bertz CT molecular complexity index is 391. The van der Waals surface area contributed by atoms with Gasteiger partial charge in [-0.2, -0.15) is 0 Å². The van der Waals surface area contributed by atoms with E-state index >= 15 is 0 Å². The van der Waals surface area contributed by atoms with Gasteiger partial charge in [0.05, 0.1) is 16.3 Å². The number of nitrogens with zero attached hydrogens (tertiary/aromatic N) is 1. The summed E-state index contributed by atoms with van der Waals surface area (Å²) in [5.41, 5.74) is 6.90. The molecule has 5 nitrogen and oxygen atoms in total. The number of benzene rings is 1. The van der Waals surface area contributed by atoms with Crippen molar-refractivity contribution in [2.24, 2.45) is 5.92 Å². The molecule has 0 saturated carbocycles. The van der Waals surface area contributed by atoms with Crippen molar-refractivity contribution < 1.29 is 4.92 Å². The van der Waals surface area contributed by atoms with Gasteiger partial charge in [0.2, 0.25) is 0 Å². The Morgan fingerprint density at radius 3 is 2.44 bits per heavy atom. The molecule has 1 rings (SSSR count). The smallest absolute Gasteiger partial charge is 0.271 e. The Morgan fingerprint density at radius 1 is 1.38 bits per heavy atom. The molecule has 0 aliphatic rings. The van der Waals surface area contributed by atoms with Gasteiger partial charge in [-0.1, -0.05) is 13.8 Å². The Hall–Kier alpha value is -1.78. The van der Waals surface area contributed by atoms with Crippen LogP contribution in [0.25, 0.3) is 0 Å². The summed E-state index contributed by atoms with van der Waals surface area (Å²) in [5.74, 6) is 0.467. The highest BCUT2D eigenvalue weighted by Crippen LogP contribution is 2.25. The third-order valence-corrected chi connectivity index (χ3v) is 2.63. The van der Waals surface area contributed by atoms with Gasteiger partial charge in [0.15, 0.2) is 0 Å². The summed E-state index contributed by atoms with van der Waals surface area (Å²) in [6, 6.07) is 4.73. The lowest BCUT2D eigenvalue weighted by atomic mass is 10.1. The molecule has 1 aromatic carbocycles. The third-order valence-electron chi connectivity index (χ3n) is 2.63. The number of nitro benzene ring substituents is 1. The zero-order valence-electron chi connectivity index (χ0n) is 9.73. The first-order valence-corrected chi connectivity index (χ1v) is 5.22. The van der Waals surface area contributed by atoms with Crippen LogP contribution in [0.2, 0.25) is 0 Å². The Balaban J connectivity index is 2.87. The van der Waals surface area contributed by atoms with E-state index in [9.17, 15) is 10.1 Å². The van der Waals surface area contributed by atoms with E-state index in [2.05, 4.69) is 19.2 Å². The van der Waals surface area contributed by atoms with Crippen LogP contribution in [-0.2, 0) is 0 Å². The van der Waals surface area contributed by atoms with Crippen molar-refractivity contribution >= 4 is 17.1 Å². The normalized spacial score (nSPS) is 12.5. The van der Waals surface area contributed by atoms with Gasteiger partial charge in [0, 0.05) is 18.2 Å². The lowest BCUT2D eigenvalue weighted by Gasteiger charge is -2.19. The fourth-order valence-electron chi connectivity index (χ4n) is 1.21. The Labute approximate surface area is 94.8 Å². The summed E-state index contributed by atoms with van der Waals surface area (Å²) in [7, 11) is 0. The number of nitrogens with one attached hydrogen (secondary N) is 1. The molecule has 0 saturated heterocycles. The Kier molecular flexibility index (Phi) is 3.71. The van der Waals surface area contributed by atoms with Gasteiger partial charge in [0.25, 0.3) is 5.69 Å². The van der Waals surface area contributed by atoms with Crippen LogP contribution in [0.1, 0.15) is 20.8 Å². The van der Waals surface area contributed by atoms with Crippen molar-refractivity contribution in [1.29, 1.82) is 0 Å². The van der Waals surface area contributed by atoms with Crippen LogP contribution in [0.15, 0.2) is 18.2 Å². The highest BCUT2D eigenvalue weighted by atomic mass is 16.6. The number of non-ortho nitro benzene ring substituents is 1. The van der Waals surface area contributed by atoms with Crippen LogP contribution in [0.3, 0.4) is 0 Å². The molecule has 0 aromatic heterocycles. The van der Waals surface area contributed by atoms with E-state index in [0.29, 0.717) is 11.6 Å². The molecule has 1 atom stereocenters. The quantitative estimate of drug-likeness (QED) is 0.467. The number of nitro groups is 1. The molecule has 0 radical (unpaired) electrons. The van der Waals surface area contributed by atoms with Gasteiger partial charge in [0.1, 0.15) is 0 Å². The van der Waals surface area contributed by atoms with Crippen molar-refractivity contribution in [1.82, 2.24) is 0 Å². The standard InChI is InChI=1S/C11H17N3O2/c1-7(2)8(3)13-11-5-4-9(14(15)16)6-10(11)12/h4-8,13H,12H2,1-3H3. The molecular formula is C11H17N3O2. The van der Waals surface area contributed by atoms with Crippen molar-refractivity contribution in [3.05, 3.63) is 28.3 Å². The molecule has 0 fully saturated rings. The average molecular weight is 223 g/mol. The van der Waals surface area contributed by atoms with Crippen LogP contribution in [0.5, 0.6) is 0 Å². The van der Waals surface area contributed by atoms with Gasteiger partial charge in [-0.05, 0) is 18.9 Å². The van der Waals surface area contributed by atoms with Crippen LogP contribution in [0, 0.1) is 16.0 Å². The highest BCUT2D eigenvalue weighted by molar-refractivity contribution is 5.69. The van der Waals surface area contributed by atoms with E-state index in [1.807, 2.05) is 6.92 Å². The van der Waals surface area contributed by atoms with Crippen molar-refractivity contribution in [2.75, 3.05) is 11.1 Å². The predicted octanol–water partition coefficient (Wildman–Crippen LogP) is 2.63. The maximum Gasteiger partial charge on any atom is 0.271 e. The zero-order valence-corrected chi connectivity index (χ0v) is 9.73. The minimum absolute atomic E-state index is 0.0141. The van der Waals surface area contributed by atoms with Crippen molar-refractivity contribution in [3.8, 4) is 0 Å². The molecule has 0 bridgehead atoms.